The number of aromatic carboxylic acids is 1. The van der Waals surface area contributed by atoms with Crippen molar-refractivity contribution < 1.29 is 14.7 Å². The Morgan fingerprint density at radius 1 is 1.28 bits per heavy atom. The molecule has 1 aliphatic carbocycles. The summed E-state index contributed by atoms with van der Waals surface area (Å²) >= 11 is 1.38. The summed E-state index contributed by atoms with van der Waals surface area (Å²) in [6.07, 6.45) is 3.75. The highest BCUT2D eigenvalue weighted by molar-refractivity contribution is 7.17. The number of aryl methyl sites for hydroxylation is 1. The minimum atomic E-state index is -1.19. The first-order valence-electron chi connectivity index (χ1n) is 6.17. The smallest absolute Gasteiger partial charge is 0.227 e. The van der Waals surface area contributed by atoms with Crippen LogP contribution < -0.4 is 10.4 Å². The Labute approximate surface area is 110 Å². The van der Waals surface area contributed by atoms with Crippen LogP contribution in [0.25, 0.3) is 0 Å². The van der Waals surface area contributed by atoms with Crippen molar-refractivity contribution in [1.82, 2.24) is 0 Å². The van der Waals surface area contributed by atoms with Crippen LogP contribution in [-0.4, -0.2) is 11.9 Å². The molecule has 0 unspecified atom stereocenters. The summed E-state index contributed by atoms with van der Waals surface area (Å²) in [5.74, 6) is -1.51. The molecule has 1 aromatic rings. The van der Waals surface area contributed by atoms with Gasteiger partial charge in [-0.15, -0.1) is 11.3 Å². The van der Waals surface area contributed by atoms with Crippen LogP contribution in [0.15, 0.2) is 0 Å². The first-order chi connectivity index (χ1) is 8.50. The molecule has 0 fully saturated rings. The number of carbonyl (C=O) groups is 2. The number of anilines is 1. The van der Waals surface area contributed by atoms with Gasteiger partial charge in [-0.05, 0) is 31.2 Å². The lowest BCUT2D eigenvalue weighted by Gasteiger charge is -2.13. The molecular weight excluding hydrogens is 250 g/mol. The number of hydrogen-bond donors (Lipinski definition) is 1. The molecule has 0 radical (unpaired) electrons. The first-order valence-corrected chi connectivity index (χ1v) is 6.99. The molecule has 1 N–H and O–H groups in total. The lowest BCUT2D eigenvalue weighted by Crippen LogP contribution is -2.26. The maximum absolute atomic E-state index is 11.7. The van der Waals surface area contributed by atoms with Crippen LogP contribution in [0.3, 0.4) is 0 Å². The number of nitrogens with one attached hydrogen (secondary N) is 1. The van der Waals surface area contributed by atoms with Crippen LogP contribution in [0.4, 0.5) is 5.00 Å². The molecule has 0 saturated carbocycles. The molecule has 4 nitrogen and oxygen atoms in total. The standard InChI is InChI=1S/C13H17NO3S/c1-7(2)11(15)14-12-10(13(16)17)8-5-3-4-6-9(8)18-12/h7H,3-6H2,1-2H3,(H,14,15)(H,16,17)/p-1. The predicted molar refractivity (Wildman–Crippen MR) is 68.8 cm³/mol. The largest absolute Gasteiger partial charge is 0.545 e. The highest BCUT2D eigenvalue weighted by Gasteiger charge is 2.22. The zero-order valence-electron chi connectivity index (χ0n) is 10.5. The first kappa shape index (κ1) is 13.1. The second-order valence-electron chi connectivity index (χ2n) is 4.85. The van der Waals surface area contributed by atoms with Gasteiger partial charge >= 0.3 is 0 Å². The zero-order valence-corrected chi connectivity index (χ0v) is 11.4. The van der Waals surface area contributed by atoms with Gasteiger partial charge in [-0.1, -0.05) is 13.8 Å². The molecule has 1 heterocycles. The van der Waals surface area contributed by atoms with Gasteiger partial charge in [0.1, 0.15) is 5.00 Å². The Hall–Kier alpha value is -1.36. The van der Waals surface area contributed by atoms with E-state index in [1.807, 2.05) is 0 Å². The monoisotopic (exact) mass is 266 g/mol. The minimum Gasteiger partial charge on any atom is -0.545 e. The number of rotatable bonds is 3. The summed E-state index contributed by atoms with van der Waals surface area (Å²) in [6, 6.07) is 0. The molecule has 0 aromatic carbocycles. The minimum absolute atomic E-state index is 0.156. The van der Waals surface area contributed by atoms with Crippen molar-refractivity contribution >= 4 is 28.2 Å². The molecule has 5 heteroatoms. The highest BCUT2D eigenvalue weighted by atomic mass is 32.1. The fourth-order valence-corrected chi connectivity index (χ4v) is 3.41. The molecule has 0 spiro atoms. The van der Waals surface area contributed by atoms with Gasteiger partial charge in [0.05, 0.1) is 5.97 Å². The molecule has 1 aromatic heterocycles. The number of amides is 1. The Bertz CT molecular complexity index is 491. The van der Waals surface area contributed by atoms with Crippen LogP contribution in [0.1, 0.15) is 47.5 Å². The molecule has 1 aliphatic rings. The van der Waals surface area contributed by atoms with E-state index in [0.717, 1.165) is 36.1 Å². The van der Waals surface area contributed by atoms with Crippen molar-refractivity contribution in [2.45, 2.75) is 39.5 Å². The summed E-state index contributed by atoms with van der Waals surface area (Å²) < 4.78 is 0. The van der Waals surface area contributed by atoms with E-state index in [1.165, 1.54) is 11.3 Å². The van der Waals surface area contributed by atoms with Gasteiger partial charge in [0.15, 0.2) is 0 Å². The lowest BCUT2D eigenvalue weighted by molar-refractivity contribution is -0.254. The summed E-state index contributed by atoms with van der Waals surface area (Å²) in [7, 11) is 0. The van der Waals surface area contributed by atoms with Crippen molar-refractivity contribution in [3.05, 3.63) is 16.0 Å². The summed E-state index contributed by atoms with van der Waals surface area (Å²) in [4.78, 5) is 24.0. The maximum Gasteiger partial charge on any atom is 0.227 e. The predicted octanol–water partition coefficient (Wildman–Crippen LogP) is 1.58. The van der Waals surface area contributed by atoms with Gasteiger partial charge in [0, 0.05) is 16.4 Å². The van der Waals surface area contributed by atoms with E-state index in [1.54, 1.807) is 13.8 Å². The van der Waals surface area contributed by atoms with Gasteiger partial charge in [0.2, 0.25) is 5.91 Å². The molecule has 0 bridgehead atoms. The molecule has 1 amide bonds. The van der Waals surface area contributed by atoms with Crippen molar-refractivity contribution in [2.75, 3.05) is 5.32 Å². The van der Waals surface area contributed by atoms with Gasteiger partial charge in [0.25, 0.3) is 0 Å². The molecule has 2 rings (SSSR count). The van der Waals surface area contributed by atoms with E-state index < -0.39 is 5.97 Å². The van der Waals surface area contributed by atoms with E-state index in [2.05, 4.69) is 5.32 Å². The second-order valence-corrected chi connectivity index (χ2v) is 5.95. The number of carboxylic acid groups (broad SMARTS) is 1. The van der Waals surface area contributed by atoms with Crippen LogP contribution in [0.2, 0.25) is 0 Å². The van der Waals surface area contributed by atoms with Crippen LogP contribution in [0, 0.1) is 5.92 Å². The van der Waals surface area contributed by atoms with Gasteiger partial charge in [-0.3, -0.25) is 4.79 Å². The van der Waals surface area contributed by atoms with E-state index >= 15 is 0 Å². The number of thiophene rings is 1. The van der Waals surface area contributed by atoms with E-state index in [-0.39, 0.29) is 17.4 Å². The van der Waals surface area contributed by atoms with Crippen LogP contribution >= 0.6 is 11.3 Å². The quantitative estimate of drug-likeness (QED) is 0.903. The summed E-state index contributed by atoms with van der Waals surface area (Å²) in [6.45, 7) is 3.56. The average molecular weight is 266 g/mol. The van der Waals surface area contributed by atoms with Crippen molar-refractivity contribution in [2.24, 2.45) is 5.92 Å². The molecule has 0 aliphatic heterocycles. The van der Waals surface area contributed by atoms with Crippen LogP contribution in [-0.2, 0) is 17.6 Å². The van der Waals surface area contributed by atoms with Crippen LogP contribution in [0.5, 0.6) is 0 Å². The third kappa shape index (κ3) is 2.41. The van der Waals surface area contributed by atoms with Gasteiger partial charge in [-0.2, -0.15) is 0 Å². The van der Waals surface area contributed by atoms with E-state index in [4.69, 9.17) is 0 Å². The molecule has 0 saturated heterocycles. The normalized spacial score (nSPS) is 14.4. The molecule has 98 valence electrons. The fourth-order valence-electron chi connectivity index (χ4n) is 2.13. The number of fused-ring (bicyclic) bond motifs is 1. The highest BCUT2D eigenvalue weighted by Crippen LogP contribution is 2.37. The van der Waals surface area contributed by atoms with Gasteiger partial charge < -0.3 is 15.2 Å². The SMILES string of the molecule is CC(C)C(=O)Nc1sc2c(c1C(=O)[O-])CCCC2. The lowest BCUT2D eigenvalue weighted by atomic mass is 9.95. The molecule has 0 atom stereocenters. The van der Waals surface area contributed by atoms with Gasteiger partial charge in [-0.25, -0.2) is 0 Å². The molecular formula is C13H16NO3S-. The number of carbonyl (C=O) groups excluding carboxylic acids is 2. The Balaban J connectivity index is 2.37. The average Bonchev–Trinajstić information content (AvgIpc) is 2.66. The maximum atomic E-state index is 11.7. The van der Waals surface area contributed by atoms with Crippen molar-refractivity contribution in [1.29, 1.82) is 0 Å². The van der Waals surface area contributed by atoms with E-state index in [0.29, 0.717) is 5.00 Å². The third-order valence-corrected chi connectivity index (χ3v) is 4.34. The van der Waals surface area contributed by atoms with E-state index in [9.17, 15) is 14.7 Å². The summed E-state index contributed by atoms with van der Waals surface area (Å²) in [5, 5.41) is 14.4. The molecule has 18 heavy (non-hydrogen) atoms. The Morgan fingerprint density at radius 2 is 1.94 bits per heavy atom. The van der Waals surface area contributed by atoms with Crippen molar-refractivity contribution in [3.63, 3.8) is 0 Å². The Kier molecular flexibility index (Phi) is 3.71. The zero-order chi connectivity index (χ0) is 13.3. The van der Waals surface area contributed by atoms with Crippen molar-refractivity contribution in [3.8, 4) is 0 Å². The topological polar surface area (TPSA) is 69.2 Å². The Morgan fingerprint density at radius 3 is 2.56 bits per heavy atom. The number of hydrogen-bond acceptors (Lipinski definition) is 4. The second kappa shape index (κ2) is 5.10. The number of carboxylic acids is 1. The third-order valence-electron chi connectivity index (χ3n) is 3.14. The fraction of sp³-hybridized carbons (Fsp3) is 0.538. The summed E-state index contributed by atoms with van der Waals surface area (Å²) in [5.41, 5.74) is 1.06.